The lowest BCUT2D eigenvalue weighted by Crippen LogP contribution is -2.00. The van der Waals surface area contributed by atoms with E-state index in [1.165, 1.54) is 12.1 Å². The minimum absolute atomic E-state index is 0.0275. The Kier molecular flexibility index (Phi) is 7.05. The molecule has 3 heterocycles. The van der Waals surface area contributed by atoms with E-state index >= 15 is 0 Å². The van der Waals surface area contributed by atoms with Gasteiger partial charge in [-0.15, -0.1) is 0 Å². The van der Waals surface area contributed by atoms with Crippen LogP contribution in [0.5, 0.6) is 0 Å². The maximum atomic E-state index is 9.12. The van der Waals surface area contributed by atoms with Crippen molar-refractivity contribution in [3.05, 3.63) is 218 Å². The zero-order chi connectivity index (χ0) is 46.2. The lowest BCUT2D eigenvalue weighted by atomic mass is 10.0. The number of fused-ring (bicyclic) bond motifs is 6. The second kappa shape index (κ2) is 14.7. The highest BCUT2D eigenvalue weighted by Crippen LogP contribution is 2.41. The van der Waals surface area contributed by atoms with Crippen molar-refractivity contribution in [1.29, 1.82) is 0 Å². The summed E-state index contributed by atoms with van der Waals surface area (Å²) >= 11 is 0. The molecule has 0 fully saturated rings. The van der Waals surface area contributed by atoms with E-state index in [1.807, 2.05) is 121 Å². The van der Waals surface area contributed by atoms with Crippen molar-refractivity contribution in [3.8, 4) is 73.2 Å². The van der Waals surface area contributed by atoms with Crippen molar-refractivity contribution >= 4 is 43.7 Å². The van der Waals surface area contributed by atoms with Crippen LogP contribution < -0.4 is 0 Å². The van der Waals surface area contributed by atoms with E-state index in [9.17, 15) is 0 Å². The van der Waals surface area contributed by atoms with Crippen LogP contribution in [0, 0.1) is 0 Å². The van der Waals surface area contributed by atoms with Crippen LogP contribution in [0.1, 0.15) is 8.22 Å². The summed E-state index contributed by atoms with van der Waals surface area (Å²) in [6.45, 7) is 0. The van der Waals surface area contributed by atoms with Crippen LogP contribution in [0.4, 0.5) is 0 Å². The zero-order valence-corrected chi connectivity index (χ0v) is 33.0. The molecule has 0 unspecified atom stereocenters. The molecule has 12 rings (SSSR count). The van der Waals surface area contributed by atoms with Gasteiger partial charge in [-0.2, -0.15) is 0 Å². The molecular formula is C57H36N4O. The largest absolute Gasteiger partial charge is 0.455 e. The second-order valence-corrected chi connectivity index (χ2v) is 15.1. The third kappa shape index (κ3) is 6.14. The summed E-state index contributed by atoms with van der Waals surface area (Å²) in [6.07, 6.45) is 0. The highest BCUT2D eigenvalue weighted by molar-refractivity contribution is 6.13. The second-order valence-electron chi connectivity index (χ2n) is 15.1. The minimum Gasteiger partial charge on any atom is -0.455 e. The van der Waals surface area contributed by atoms with Gasteiger partial charge in [0.2, 0.25) is 0 Å². The minimum atomic E-state index is -0.168. The van der Waals surface area contributed by atoms with Gasteiger partial charge in [0.15, 0.2) is 17.5 Å². The third-order valence-corrected chi connectivity index (χ3v) is 11.4. The molecule has 0 saturated carbocycles. The summed E-state index contributed by atoms with van der Waals surface area (Å²) in [6, 6.07) is 58.4. The van der Waals surface area contributed by atoms with Gasteiger partial charge in [0, 0.05) is 49.5 Å². The van der Waals surface area contributed by atoms with Gasteiger partial charge in [0.05, 0.1) is 19.3 Å². The topological polar surface area (TPSA) is 56.7 Å². The summed E-state index contributed by atoms with van der Waals surface area (Å²) in [5.41, 5.74) is 10.6. The first kappa shape index (κ1) is 29.7. The Morgan fingerprint density at radius 2 is 0.855 bits per heavy atom. The SMILES string of the molecule is [2H]c1cc([2H])c2c(c1[2H])c1c([2H])c([2H])cc([2H])c1n2-c1cc(-c2ccccc2)c2oc3cc(-c4nc(-c5cccc(-c6ccccc6)c5)nc(-c5cccc(-c6ccccc6)c5)n4)ccc3c2c1. The predicted molar refractivity (Wildman–Crippen MR) is 254 cm³/mol. The molecule has 5 heteroatoms. The highest BCUT2D eigenvalue weighted by Gasteiger charge is 2.20. The normalized spacial score (nSPS) is 12.9. The van der Waals surface area contributed by atoms with E-state index in [0.717, 1.165) is 55.3 Å². The van der Waals surface area contributed by atoms with Crippen LogP contribution in [0.2, 0.25) is 0 Å². The number of para-hydroxylation sites is 2. The Morgan fingerprint density at radius 1 is 0.371 bits per heavy atom. The fraction of sp³-hybridized carbons (Fsp3) is 0. The van der Waals surface area contributed by atoms with Gasteiger partial charge in [0.25, 0.3) is 0 Å². The van der Waals surface area contributed by atoms with E-state index in [1.54, 1.807) is 4.57 Å². The molecule has 0 saturated heterocycles. The summed E-state index contributed by atoms with van der Waals surface area (Å²) in [5.74, 6) is 1.50. The van der Waals surface area contributed by atoms with E-state index < -0.39 is 0 Å². The predicted octanol–water partition coefficient (Wildman–Crippen LogP) is 14.9. The fourth-order valence-electron chi connectivity index (χ4n) is 8.44. The maximum absolute atomic E-state index is 9.12. The van der Waals surface area contributed by atoms with Crippen molar-refractivity contribution in [3.63, 3.8) is 0 Å². The zero-order valence-electron chi connectivity index (χ0n) is 39.0. The molecular weight excluding hydrogens is 757 g/mol. The van der Waals surface area contributed by atoms with Gasteiger partial charge in [-0.05, 0) is 76.3 Å². The summed E-state index contributed by atoms with van der Waals surface area (Å²) < 4.78 is 61.8. The van der Waals surface area contributed by atoms with Crippen molar-refractivity contribution < 1.29 is 12.6 Å². The summed E-state index contributed by atoms with van der Waals surface area (Å²) in [4.78, 5) is 15.4. The molecule has 0 aliphatic carbocycles. The molecule has 9 aromatic carbocycles. The van der Waals surface area contributed by atoms with Crippen LogP contribution in [0.3, 0.4) is 0 Å². The van der Waals surface area contributed by atoms with Crippen LogP contribution in [0.25, 0.3) is 117 Å². The van der Waals surface area contributed by atoms with Gasteiger partial charge in [-0.25, -0.2) is 15.0 Å². The van der Waals surface area contributed by atoms with Crippen LogP contribution in [0.15, 0.2) is 223 Å². The molecule has 0 amide bonds. The number of rotatable bonds is 7. The monoisotopic (exact) mass is 798 g/mol. The Bertz CT molecular complexity index is 3810. The fourth-order valence-corrected chi connectivity index (χ4v) is 8.44. The first-order chi connectivity index (χ1) is 33.2. The first-order valence-corrected chi connectivity index (χ1v) is 20.3. The van der Waals surface area contributed by atoms with Crippen molar-refractivity contribution in [2.45, 2.75) is 0 Å². The van der Waals surface area contributed by atoms with E-state index in [4.69, 9.17) is 27.6 Å². The van der Waals surface area contributed by atoms with Crippen molar-refractivity contribution in [2.24, 2.45) is 0 Å². The summed E-state index contributed by atoms with van der Waals surface area (Å²) in [5, 5.41) is 1.95. The van der Waals surface area contributed by atoms with Crippen LogP contribution in [-0.4, -0.2) is 19.5 Å². The number of nitrogens with zero attached hydrogens (tertiary/aromatic N) is 4. The molecule has 0 aliphatic rings. The molecule has 290 valence electrons. The molecule has 0 spiro atoms. The van der Waals surface area contributed by atoms with Gasteiger partial charge in [0.1, 0.15) is 11.2 Å². The van der Waals surface area contributed by atoms with Gasteiger partial charge in [-0.1, -0.05) is 170 Å². The number of furan rings is 1. The molecule has 0 atom stereocenters. The molecule has 0 bridgehead atoms. The highest BCUT2D eigenvalue weighted by atomic mass is 16.3. The first-order valence-electron chi connectivity index (χ1n) is 23.3. The molecule has 3 aromatic heterocycles. The van der Waals surface area contributed by atoms with Crippen molar-refractivity contribution in [1.82, 2.24) is 19.5 Å². The van der Waals surface area contributed by atoms with E-state index in [2.05, 4.69) is 48.5 Å². The molecule has 5 nitrogen and oxygen atoms in total. The Morgan fingerprint density at radius 3 is 1.40 bits per heavy atom. The Balaban J connectivity index is 1.08. The standard InChI is InChI=1S/C57H36N4O/c1-4-16-37(17-5-1)40-22-14-24-42(32-40)55-58-56(43-25-15-23-41(33-43)38-18-6-2-7-19-38)60-57(59-55)44-30-31-48-50-36-45(35-49(39-20-8-3-9-21-39)54(50)62-53(48)34-44)61-51-28-12-10-26-46(51)47-27-11-13-29-52(47)61/h1-36H/i10D,11D,26D,27D,28D,29D. The average molecular weight is 799 g/mol. The van der Waals surface area contributed by atoms with E-state index in [0.29, 0.717) is 39.9 Å². The smallest absolute Gasteiger partial charge is 0.164 e. The number of hydrogen-bond donors (Lipinski definition) is 0. The third-order valence-electron chi connectivity index (χ3n) is 11.4. The number of aromatic nitrogens is 4. The lowest BCUT2D eigenvalue weighted by Gasteiger charge is -2.11. The lowest BCUT2D eigenvalue weighted by molar-refractivity contribution is 0.670. The molecule has 0 N–H and O–H groups in total. The number of benzene rings is 9. The maximum Gasteiger partial charge on any atom is 0.164 e. The van der Waals surface area contributed by atoms with Gasteiger partial charge >= 0.3 is 0 Å². The van der Waals surface area contributed by atoms with Gasteiger partial charge in [-0.3, -0.25) is 0 Å². The Hall–Kier alpha value is -8.41. The van der Waals surface area contributed by atoms with E-state index in [-0.39, 0.29) is 58.1 Å². The summed E-state index contributed by atoms with van der Waals surface area (Å²) in [7, 11) is 0. The van der Waals surface area contributed by atoms with Gasteiger partial charge < -0.3 is 8.98 Å². The van der Waals surface area contributed by atoms with Crippen molar-refractivity contribution in [2.75, 3.05) is 0 Å². The number of hydrogen-bond acceptors (Lipinski definition) is 4. The molecule has 0 aliphatic heterocycles. The van der Waals surface area contributed by atoms with Crippen LogP contribution >= 0.6 is 0 Å². The molecule has 0 radical (unpaired) electrons. The molecule has 62 heavy (non-hydrogen) atoms. The quantitative estimate of drug-likeness (QED) is 0.161. The van der Waals surface area contributed by atoms with Crippen LogP contribution in [-0.2, 0) is 0 Å². The average Bonchev–Trinajstić information content (AvgIpc) is 3.95. The molecule has 12 aromatic rings. The Labute approximate surface area is 366 Å².